The zero-order valence-electron chi connectivity index (χ0n) is 16.6. The van der Waals surface area contributed by atoms with Crippen LogP contribution in [0.2, 0.25) is 0 Å². The lowest BCUT2D eigenvalue weighted by molar-refractivity contribution is 0.393. The van der Waals surface area contributed by atoms with Crippen LogP contribution in [0, 0.1) is 13.8 Å². The summed E-state index contributed by atoms with van der Waals surface area (Å²) < 4.78 is 7.09. The van der Waals surface area contributed by atoms with Crippen LogP contribution in [0.4, 0.5) is 5.69 Å². The minimum atomic E-state index is -0.0553. The van der Waals surface area contributed by atoms with Crippen LogP contribution in [-0.2, 0) is 13.1 Å². The number of anilines is 1. The Bertz CT molecular complexity index is 1140. The minimum Gasteiger partial charge on any atom is -0.376 e. The molecular formula is C24H23N3O2. The molecule has 2 heterocycles. The first-order valence-electron chi connectivity index (χ1n) is 9.61. The molecule has 29 heavy (non-hydrogen) atoms. The van der Waals surface area contributed by atoms with Crippen LogP contribution in [-0.4, -0.2) is 9.72 Å². The first-order valence-corrected chi connectivity index (χ1v) is 9.61. The summed E-state index contributed by atoms with van der Waals surface area (Å²) in [7, 11) is 0. The summed E-state index contributed by atoms with van der Waals surface area (Å²) in [4.78, 5) is 13.1. The first-order chi connectivity index (χ1) is 14.1. The van der Waals surface area contributed by atoms with Crippen molar-refractivity contribution < 1.29 is 4.52 Å². The molecule has 5 nitrogen and oxygen atoms in total. The fraction of sp³-hybridized carbons (Fsp3) is 0.167. The molecule has 0 spiro atoms. The molecule has 0 unspecified atom stereocenters. The van der Waals surface area contributed by atoms with Gasteiger partial charge in [0.05, 0.1) is 12.2 Å². The van der Waals surface area contributed by atoms with Gasteiger partial charge in [-0.1, -0.05) is 65.8 Å². The molecule has 0 saturated heterocycles. The predicted molar refractivity (Wildman–Crippen MR) is 115 cm³/mol. The highest BCUT2D eigenvalue weighted by Crippen LogP contribution is 2.28. The lowest BCUT2D eigenvalue weighted by atomic mass is 10.1. The molecule has 2 aromatic heterocycles. The van der Waals surface area contributed by atoms with Gasteiger partial charge in [0.1, 0.15) is 11.4 Å². The smallest absolute Gasteiger partial charge is 0.274 e. The quantitative estimate of drug-likeness (QED) is 0.519. The number of hydrogen-bond acceptors (Lipinski definition) is 4. The van der Waals surface area contributed by atoms with Gasteiger partial charge in [-0.25, -0.2) is 0 Å². The van der Waals surface area contributed by atoms with Crippen molar-refractivity contribution in [3.8, 4) is 11.1 Å². The number of nitrogens with one attached hydrogen (secondary N) is 1. The molecule has 0 aliphatic carbocycles. The summed E-state index contributed by atoms with van der Waals surface area (Å²) in [5.41, 5.74) is 5.33. The Kier molecular flexibility index (Phi) is 5.29. The van der Waals surface area contributed by atoms with Gasteiger partial charge in [0.25, 0.3) is 5.56 Å². The van der Waals surface area contributed by atoms with Crippen molar-refractivity contribution >= 4 is 5.69 Å². The maximum Gasteiger partial charge on any atom is 0.274 e. The summed E-state index contributed by atoms with van der Waals surface area (Å²) in [6.07, 6.45) is 1.88. The molecule has 0 atom stereocenters. The highest BCUT2D eigenvalue weighted by molar-refractivity contribution is 5.70. The molecule has 0 fully saturated rings. The number of hydrogen-bond donors (Lipinski definition) is 1. The highest BCUT2D eigenvalue weighted by Gasteiger charge is 2.15. The first kappa shape index (κ1) is 18.7. The summed E-state index contributed by atoms with van der Waals surface area (Å²) in [5.74, 6) is 0.737. The van der Waals surface area contributed by atoms with E-state index >= 15 is 0 Å². The van der Waals surface area contributed by atoms with Gasteiger partial charge in [0.2, 0.25) is 0 Å². The van der Waals surface area contributed by atoms with Crippen molar-refractivity contribution in [2.75, 3.05) is 5.32 Å². The average molecular weight is 385 g/mol. The van der Waals surface area contributed by atoms with E-state index in [1.807, 2.05) is 86.8 Å². The molecule has 0 aliphatic heterocycles. The van der Waals surface area contributed by atoms with E-state index < -0.39 is 0 Å². The van der Waals surface area contributed by atoms with Crippen LogP contribution >= 0.6 is 0 Å². The van der Waals surface area contributed by atoms with Gasteiger partial charge in [-0.2, -0.15) is 0 Å². The number of nitrogens with zero attached hydrogens (tertiary/aromatic N) is 2. The Balaban J connectivity index is 1.75. The van der Waals surface area contributed by atoms with E-state index in [0.29, 0.717) is 18.8 Å². The van der Waals surface area contributed by atoms with Crippen molar-refractivity contribution in [3.63, 3.8) is 0 Å². The lowest BCUT2D eigenvalue weighted by Gasteiger charge is -2.14. The Morgan fingerprint density at radius 2 is 1.62 bits per heavy atom. The third kappa shape index (κ3) is 4.14. The minimum absolute atomic E-state index is 0.0553. The predicted octanol–water partition coefficient (Wildman–Crippen LogP) is 4.78. The largest absolute Gasteiger partial charge is 0.376 e. The van der Waals surface area contributed by atoms with Gasteiger partial charge >= 0.3 is 0 Å². The van der Waals surface area contributed by atoms with Crippen molar-refractivity contribution in [2.45, 2.75) is 26.9 Å². The number of aromatic nitrogens is 2. The molecule has 1 N–H and O–H groups in total. The van der Waals surface area contributed by atoms with E-state index in [-0.39, 0.29) is 5.56 Å². The van der Waals surface area contributed by atoms with Crippen molar-refractivity contribution in [2.24, 2.45) is 0 Å². The van der Waals surface area contributed by atoms with Crippen molar-refractivity contribution in [1.29, 1.82) is 0 Å². The normalized spacial score (nSPS) is 10.8. The topological polar surface area (TPSA) is 60.1 Å². The molecule has 0 saturated carbocycles. The zero-order valence-corrected chi connectivity index (χ0v) is 16.6. The molecule has 0 radical (unpaired) electrons. The van der Waals surface area contributed by atoms with Crippen LogP contribution in [0.3, 0.4) is 0 Å². The lowest BCUT2D eigenvalue weighted by Crippen LogP contribution is -2.24. The van der Waals surface area contributed by atoms with Gasteiger partial charge in [-0.3, -0.25) is 4.79 Å². The van der Waals surface area contributed by atoms with Gasteiger partial charge in [0, 0.05) is 23.9 Å². The molecule has 146 valence electrons. The Morgan fingerprint density at radius 3 is 2.24 bits per heavy atom. The SMILES string of the molecule is Cc1noc(C)c1-c1cc(NCc2ccccc2)c(=O)n(Cc2ccccc2)c1. The van der Waals surface area contributed by atoms with Crippen LogP contribution in [0.15, 0.2) is 82.2 Å². The van der Waals surface area contributed by atoms with Crippen LogP contribution < -0.4 is 10.9 Å². The summed E-state index contributed by atoms with van der Waals surface area (Å²) in [5, 5.41) is 7.38. The summed E-state index contributed by atoms with van der Waals surface area (Å²) >= 11 is 0. The fourth-order valence-electron chi connectivity index (χ4n) is 3.48. The Labute approximate surface area is 169 Å². The van der Waals surface area contributed by atoms with Crippen molar-refractivity contribution in [1.82, 2.24) is 9.72 Å². The standard InChI is InChI=1S/C24H23N3O2/c1-17-23(18(2)29-26-17)21-13-22(25-14-19-9-5-3-6-10-19)24(28)27(16-21)15-20-11-7-4-8-12-20/h3-13,16,25H,14-15H2,1-2H3. The van der Waals surface area contributed by atoms with E-state index in [0.717, 1.165) is 33.7 Å². The van der Waals surface area contributed by atoms with Crippen LogP contribution in [0.5, 0.6) is 0 Å². The molecule has 0 amide bonds. The third-order valence-corrected chi connectivity index (χ3v) is 4.93. The Hall–Kier alpha value is -3.60. The van der Waals surface area contributed by atoms with Crippen LogP contribution in [0.25, 0.3) is 11.1 Å². The summed E-state index contributed by atoms with van der Waals surface area (Å²) in [6, 6.07) is 21.9. The van der Waals surface area contributed by atoms with E-state index in [1.165, 1.54) is 0 Å². The van der Waals surface area contributed by atoms with Gasteiger partial charge in [-0.05, 0) is 31.0 Å². The second-order valence-electron chi connectivity index (χ2n) is 7.10. The summed E-state index contributed by atoms with van der Waals surface area (Å²) in [6.45, 7) is 4.87. The Morgan fingerprint density at radius 1 is 0.966 bits per heavy atom. The molecule has 0 bridgehead atoms. The number of benzene rings is 2. The van der Waals surface area contributed by atoms with E-state index in [2.05, 4.69) is 10.5 Å². The van der Waals surface area contributed by atoms with E-state index in [4.69, 9.17) is 4.52 Å². The average Bonchev–Trinajstić information content (AvgIpc) is 3.08. The van der Waals surface area contributed by atoms with Gasteiger partial charge in [0.15, 0.2) is 0 Å². The highest BCUT2D eigenvalue weighted by atomic mass is 16.5. The van der Waals surface area contributed by atoms with Crippen molar-refractivity contribution in [3.05, 3.63) is 106 Å². The second kappa shape index (κ2) is 8.19. The van der Waals surface area contributed by atoms with Gasteiger partial charge < -0.3 is 14.4 Å². The maximum absolute atomic E-state index is 13.1. The molecule has 2 aromatic carbocycles. The molecule has 4 rings (SSSR count). The number of aryl methyl sites for hydroxylation is 2. The number of rotatable bonds is 6. The second-order valence-corrected chi connectivity index (χ2v) is 7.10. The molecule has 4 aromatic rings. The third-order valence-electron chi connectivity index (χ3n) is 4.93. The maximum atomic E-state index is 13.1. The fourth-order valence-corrected chi connectivity index (χ4v) is 3.48. The monoisotopic (exact) mass is 385 g/mol. The van der Waals surface area contributed by atoms with Crippen LogP contribution in [0.1, 0.15) is 22.6 Å². The van der Waals surface area contributed by atoms with E-state index in [9.17, 15) is 4.79 Å². The zero-order chi connectivity index (χ0) is 20.2. The molecule has 0 aliphatic rings. The van der Waals surface area contributed by atoms with Gasteiger partial charge in [-0.15, -0.1) is 0 Å². The number of pyridine rings is 1. The molecule has 5 heteroatoms. The molecular weight excluding hydrogens is 362 g/mol. The van der Waals surface area contributed by atoms with E-state index in [1.54, 1.807) is 4.57 Å².